The average molecular weight is 277 g/mol. The molecule has 3 nitrogen and oxygen atoms in total. The van der Waals surface area contributed by atoms with Gasteiger partial charge in [-0.25, -0.2) is 0 Å². The first-order valence-electron chi connectivity index (χ1n) is 6.04. The molecule has 19 heavy (non-hydrogen) atoms. The first-order valence-corrected chi connectivity index (χ1v) is 6.57. The van der Waals surface area contributed by atoms with Gasteiger partial charge in [0.05, 0.1) is 12.0 Å². The second-order valence-electron chi connectivity index (χ2n) is 4.52. The van der Waals surface area contributed by atoms with Crippen LogP contribution in [0.25, 0.3) is 21.9 Å². The predicted octanol–water partition coefficient (Wildman–Crippen LogP) is 3.22. The van der Waals surface area contributed by atoms with Crippen molar-refractivity contribution in [2.75, 3.05) is 5.88 Å². The van der Waals surface area contributed by atoms with Gasteiger partial charge in [0.15, 0.2) is 0 Å². The normalized spacial score (nSPS) is 14.9. The van der Waals surface area contributed by atoms with Crippen molar-refractivity contribution in [2.24, 2.45) is 0 Å². The fourth-order valence-corrected chi connectivity index (χ4v) is 2.40. The highest BCUT2D eigenvalue weighted by Crippen LogP contribution is 2.31. The predicted molar refractivity (Wildman–Crippen MR) is 75.4 cm³/mol. The zero-order chi connectivity index (χ0) is 13.4. The molecule has 1 aromatic heterocycles. The van der Waals surface area contributed by atoms with Crippen LogP contribution in [0.3, 0.4) is 0 Å². The smallest absolute Gasteiger partial charge is 0.135 e. The lowest BCUT2D eigenvalue weighted by Gasteiger charge is -2.15. The minimum atomic E-state index is -0.990. The van der Waals surface area contributed by atoms with E-state index in [1.54, 1.807) is 12.1 Å². The Morgan fingerprint density at radius 1 is 1.00 bits per heavy atom. The van der Waals surface area contributed by atoms with Crippen LogP contribution in [0.1, 0.15) is 11.7 Å². The Labute approximate surface area is 115 Å². The van der Waals surface area contributed by atoms with E-state index in [1.807, 2.05) is 30.3 Å². The van der Waals surface area contributed by atoms with Crippen molar-refractivity contribution >= 4 is 33.5 Å². The summed E-state index contributed by atoms with van der Waals surface area (Å²) in [5, 5.41) is 21.5. The zero-order valence-corrected chi connectivity index (χ0v) is 10.8. The SMILES string of the molecule is OC(CCl)C(O)c1ccc2oc3ccccc3c2c1. The molecule has 0 aliphatic heterocycles. The zero-order valence-electron chi connectivity index (χ0n) is 10.1. The molecule has 0 amide bonds. The number of hydrogen-bond donors (Lipinski definition) is 2. The van der Waals surface area contributed by atoms with Crippen LogP contribution >= 0.6 is 11.6 Å². The van der Waals surface area contributed by atoms with E-state index in [0.29, 0.717) is 5.56 Å². The van der Waals surface area contributed by atoms with Crippen LogP contribution in [-0.2, 0) is 0 Å². The molecule has 98 valence electrons. The second-order valence-corrected chi connectivity index (χ2v) is 4.83. The summed E-state index contributed by atoms with van der Waals surface area (Å²) >= 11 is 5.56. The molecule has 1 heterocycles. The number of benzene rings is 2. The number of hydrogen-bond acceptors (Lipinski definition) is 3. The summed E-state index contributed by atoms with van der Waals surface area (Å²) in [4.78, 5) is 0. The Kier molecular flexibility index (Phi) is 3.19. The maximum atomic E-state index is 9.99. The molecule has 2 aromatic carbocycles. The number of halogens is 1. The van der Waals surface area contributed by atoms with Crippen LogP contribution in [0, 0.1) is 0 Å². The molecule has 0 spiro atoms. The fourth-order valence-electron chi connectivity index (χ4n) is 2.23. The van der Waals surface area contributed by atoms with Gasteiger partial charge in [-0.15, -0.1) is 11.6 Å². The Hall–Kier alpha value is -1.55. The number of furan rings is 1. The van der Waals surface area contributed by atoms with Gasteiger partial charge in [0.2, 0.25) is 0 Å². The van der Waals surface area contributed by atoms with Crippen molar-refractivity contribution in [3.05, 3.63) is 48.0 Å². The summed E-state index contributed by atoms with van der Waals surface area (Å²) in [6.07, 6.45) is -1.96. The monoisotopic (exact) mass is 276 g/mol. The summed E-state index contributed by atoms with van der Waals surface area (Å²) < 4.78 is 5.70. The van der Waals surface area contributed by atoms with Gasteiger partial charge in [0, 0.05) is 10.8 Å². The number of aliphatic hydroxyl groups is 2. The van der Waals surface area contributed by atoms with E-state index in [0.717, 1.165) is 21.9 Å². The van der Waals surface area contributed by atoms with Crippen LogP contribution in [-0.4, -0.2) is 22.2 Å². The Morgan fingerprint density at radius 3 is 2.53 bits per heavy atom. The van der Waals surface area contributed by atoms with Crippen LogP contribution in [0.5, 0.6) is 0 Å². The van der Waals surface area contributed by atoms with E-state index < -0.39 is 12.2 Å². The van der Waals surface area contributed by atoms with E-state index in [-0.39, 0.29) is 5.88 Å². The molecular formula is C15H13ClO3. The van der Waals surface area contributed by atoms with E-state index >= 15 is 0 Å². The van der Waals surface area contributed by atoms with Crippen molar-refractivity contribution in [1.82, 2.24) is 0 Å². The van der Waals surface area contributed by atoms with Crippen molar-refractivity contribution in [3.8, 4) is 0 Å². The van der Waals surface area contributed by atoms with Gasteiger partial charge in [-0.2, -0.15) is 0 Å². The fraction of sp³-hybridized carbons (Fsp3) is 0.200. The van der Waals surface area contributed by atoms with Crippen molar-refractivity contribution in [3.63, 3.8) is 0 Å². The highest BCUT2D eigenvalue weighted by Gasteiger charge is 2.18. The summed E-state index contributed by atoms with van der Waals surface area (Å²) in [7, 11) is 0. The first-order chi connectivity index (χ1) is 9.20. The van der Waals surface area contributed by atoms with E-state index in [4.69, 9.17) is 16.0 Å². The first kappa shape index (κ1) is 12.5. The third kappa shape index (κ3) is 2.10. The lowest BCUT2D eigenvalue weighted by molar-refractivity contribution is 0.0328. The molecule has 0 saturated heterocycles. The quantitative estimate of drug-likeness (QED) is 0.722. The van der Waals surface area contributed by atoms with E-state index in [2.05, 4.69) is 0 Å². The molecule has 2 atom stereocenters. The molecule has 0 bridgehead atoms. The molecule has 0 aliphatic rings. The van der Waals surface area contributed by atoms with E-state index in [9.17, 15) is 10.2 Å². The van der Waals surface area contributed by atoms with Gasteiger partial charge in [0.25, 0.3) is 0 Å². The minimum absolute atomic E-state index is 0.00859. The minimum Gasteiger partial charge on any atom is -0.456 e. The molecule has 3 aromatic rings. The second kappa shape index (κ2) is 4.85. The highest BCUT2D eigenvalue weighted by molar-refractivity contribution is 6.18. The summed E-state index contributed by atoms with van der Waals surface area (Å²) in [6.45, 7) is 0. The lowest BCUT2D eigenvalue weighted by Crippen LogP contribution is -2.19. The number of para-hydroxylation sites is 1. The molecule has 2 unspecified atom stereocenters. The largest absolute Gasteiger partial charge is 0.456 e. The van der Waals surface area contributed by atoms with Gasteiger partial charge < -0.3 is 14.6 Å². The summed E-state index contributed by atoms with van der Waals surface area (Å²) in [5.41, 5.74) is 2.20. The molecule has 0 radical (unpaired) electrons. The van der Waals surface area contributed by atoms with Crippen LogP contribution in [0.2, 0.25) is 0 Å². The molecule has 0 saturated carbocycles. The van der Waals surface area contributed by atoms with Gasteiger partial charge in [-0.05, 0) is 23.8 Å². The average Bonchev–Trinajstić information content (AvgIpc) is 2.83. The van der Waals surface area contributed by atoms with Gasteiger partial charge in [-0.3, -0.25) is 0 Å². The standard InChI is InChI=1S/C15H13ClO3/c16-8-12(17)15(18)9-5-6-14-11(7-9)10-3-1-2-4-13(10)19-14/h1-7,12,15,17-18H,8H2. The van der Waals surface area contributed by atoms with Gasteiger partial charge >= 0.3 is 0 Å². The molecule has 3 rings (SSSR count). The highest BCUT2D eigenvalue weighted by atomic mass is 35.5. The molecule has 4 heteroatoms. The molecular weight excluding hydrogens is 264 g/mol. The number of rotatable bonds is 3. The molecule has 0 fully saturated rings. The van der Waals surface area contributed by atoms with Crippen molar-refractivity contribution < 1.29 is 14.6 Å². The molecule has 2 N–H and O–H groups in total. The van der Waals surface area contributed by atoms with Crippen molar-refractivity contribution in [1.29, 1.82) is 0 Å². The maximum Gasteiger partial charge on any atom is 0.135 e. The van der Waals surface area contributed by atoms with Gasteiger partial charge in [-0.1, -0.05) is 24.3 Å². The maximum absolute atomic E-state index is 9.99. The van der Waals surface area contributed by atoms with Gasteiger partial charge in [0.1, 0.15) is 17.3 Å². The summed E-state index contributed by atoms with van der Waals surface area (Å²) in [6, 6.07) is 13.1. The number of alkyl halides is 1. The third-order valence-corrected chi connectivity index (χ3v) is 3.58. The Morgan fingerprint density at radius 2 is 1.74 bits per heavy atom. The molecule has 0 aliphatic carbocycles. The van der Waals surface area contributed by atoms with Crippen molar-refractivity contribution in [2.45, 2.75) is 12.2 Å². The Balaban J connectivity index is 2.16. The van der Waals surface area contributed by atoms with Crippen LogP contribution < -0.4 is 0 Å². The summed E-state index contributed by atoms with van der Waals surface area (Å²) in [5.74, 6) is -0.00859. The number of aliphatic hydroxyl groups excluding tert-OH is 2. The lowest BCUT2D eigenvalue weighted by atomic mass is 10.0. The van der Waals surface area contributed by atoms with Crippen LogP contribution in [0.15, 0.2) is 46.9 Å². The number of fused-ring (bicyclic) bond motifs is 3. The third-order valence-electron chi connectivity index (χ3n) is 3.26. The topological polar surface area (TPSA) is 53.6 Å². The Bertz CT molecular complexity index is 720. The van der Waals surface area contributed by atoms with Crippen LogP contribution in [0.4, 0.5) is 0 Å². The van der Waals surface area contributed by atoms with E-state index in [1.165, 1.54) is 0 Å².